The molecule has 0 aromatic heterocycles. The first-order valence-corrected chi connectivity index (χ1v) is 9.04. The van der Waals surface area contributed by atoms with Crippen LogP contribution in [0.5, 0.6) is 17.2 Å². The van der Waals surface area contributed by atoms with Crippen molar-refractivity contribution in [1.82, 2.24) is 0 Å². The fraction of sp³-hybridized carbons (Fsp3) is 0.0800. The Balaban J connectivity index is 1.94. The fourth-order valence-corrected chi connectivity index (χ4v) is 3.40. The number of benzene rings is 4. The molecule has 0 saturated carbocycles. The maximum absolute atomic E-state index is 9.04. The van der Waals surface area contributed by atoms with Gasteiger partial charge in [0.25, 0.3) is 0 Å². The van der Waals surface area contributed by atoms with E-state index in [1.54, 1.807) is 19.2 Å². The van der Waals surface area contributed by atoms with Crippen molar-refractivity contribution in [3.8, 4) is 34.4 Å². The first kappa shape index (κ1) is 17.6. The minimum Gasteiger partial charge on any atom is -0.497 e. The van der Waals surface area contributed by atoms with Gasteiger partial charge < -0.3 is 9.47 Å². The second-order valence-electron chi connectivity index (χ2n) is 6.59. The Labute approximate surface area is 164 Å². The fourth-order valence-electron chi connectivity index (χ4n) is 3.40. The third kappa shape index (κ3) is 3.28. The lowest BCUT2D eigenvalue weighted by atomic mass is 9.94. The molecule has 3 nitrogen and oxygen atoms in total. The summed E-state index contributed by atoms with van der Waals surface area (Å²) in [4.78, 5) is 0. The van der Waals surface area contributed by atoms with Crippen LogP contribution in [0.25, 0.3) is 21.9 Å². The second kappa shape index (κ2) is 7.46. The van der Waals surface area contributed by atoms with Crippen molar-refractivity contribution in [2.45, 2.75) is 6.92 Å². The van der Waals surface area contributed by atoms with E-state index in [1.807, 2.05) is 48.5 Å². The molecule has 4 aromatic carbocycles. The maximum atomic E-state index is 9.04. The lowest BCUT2D eigenvalue weighted by Gasteiger charge is -2.18. The molecule has 0 amide bonds. The Kier molecular flexibility index (Phi) is 4.70. The van der Waals surface area contributed by atoms with Crippen LogP contribution in [0.3, 0.4) is 0 Å². The van der Waals surface area contributed by atoms with Gasteiger partial charge in [0, 0.05) is 10.9 Å². The van der Waals surface area contributed by atoms with E-state index in [2.05, 4.69) is 31.2 Å². The quantitative estimate of drug-likeness (QED) is 0.415. The van der Waals surface area contributed by atoms with Crippen LogP contribution in [-0.2, 0) is 0 Å². The van der Waals surface area contributed by atoms with Gasteiger partial charge >= 0.3 is 0 Å². The summed E-state index contributed by atoms with van der Waals surface area (Å²) in [5.41, 5.74) is 3.88. The minimum atomic E-state index is 0.606. The first-order chi connectivity index (χ1) is 13.7. The van der Waals surface area contributed by atoms with E-state index in [0.29, 0.717) is 11.3 Å². The molecular weight excluding hydrogens is 346 g/mol. The van der Waals surface area contributed by atoms with Crippen molar-refractivity contribution < 1.29 is 9.47 Å². The summed E-state index contributed by atoms with van der Waals surface area (Å²) in [5.74, 6) is 2.30. The molecule has 3 heteroatoms. The highest BCUT2D eigenvalue weighted by Gasteiger charge is 2.16. The van der Waals surface area contributed by atoms with Crippen LogP contribution in [0.1, 0.15) is 11.1 Å². The minimum absolute atomic E-state index is 0.606. The monoisotopic (exact) mass is 365 g/mol. The van der Waals surface area contributed by atoms with E-state index >= 15 is 0 Å². The molecule has 0 unspecified atom stereocenters. The zero-order valence-corrected chi connectivity index (χ0v) is 15.8. The summed E-state index contributed by atoms with van der Waals surface area (Å²) in [5, 5.41) is 11.1. The molecule has 0 aliphatic rings. The maximum Gasteiger partial charge on any atom is 0.143 e. The topological polar surface area (TPSA) is 42.2 Å². The molecule has 0 bridgehead atoms. The van der Waals surface area contributed by atoms with E-state index in [0.717, 1.165) is 39.0 Å². The van der Waals surface area contributed by atoms with Crippen LogP contribution in [-0.4, -0.2) is 7.11 Å². The summed E-state index contributed by atoms with van der Waals surface area (Å²) in [7, 11) is 1.67. The molecule has 4 rings (SSSR count). The summed E-state index contributed by atoms with van der Waals surface area (Å²) in [6.45, 7) is 2.09. The predicted molar refractivity (Wildman–Crippen MR) is 112 cm³/mol. The van der Waals surface area contributed by atoms with Gasteiger partial charge in [0.05, 0.1) is 18.7 Å². The number of ether oxygens (including phenoxy) is 2. The van der Waals surface area contributed by atoms with Crippen molar-refractivity contribution in [2.75, 3.05) is 7.11 Å². The molecule has 28 heavy (non-hydrogen) atoms. The van der Waals surface area contributed by atoms with Gasteiger partial charge in [0.15, 0.2) is 0 Å². The van der Waals surface area contributed by atoms with Gasteiger partial charge in [-0.25, -0.2) is 0 Å². The molecule has 0 aliphatic carbocycles. The number of fused-ring (bicyclic) bond motifs is 1. The third-order valence-electron chi connectivity index (χ3n) is 4.76. The molecule has 4 aromatic rings. The highest BCUT2D eigenvalue weighted by atomic mass is 16.5. The zero-order valence-electron chi connectivity index (χ0n) is 15.8. The number of nitrogens with zero attached hydrogens (tertiary/aromatic N) is 1. The van der Waals surface area contributed by atoms with Gasteiger partial charge in [0.2, 0.25) is 0 Å². The Bertz CT molecular complexity index is 1170. The van der Waals surface area contributed by atoms with Crippen LogP contribution in [0, 0.1) is 18.3 Å². The Morgan fingerprint density at radius 3 is 2.21 bits per heavy atom. The van der Waals surface area contributed by atoms with E-state index in [9.17, 15) is 0 Å². The molecule has 136 valence electrons. The van der Waals surface area contributed by atoms with E-state index in [4.69, 9.17) is 14.7 Å². The molecule has 0 N–H and O–H groups in total. The van der Waals surface area contributed by atoms with Gasteiger partial charge in [-0.3, -0.25) is 0 Å². The average Bonchev–Trinajstić information content (AvgIpc) is 2.74. The Hall–Kier alpha value is -3.77. The molecule has 0 radical (unpaired) electrons. The molecule has 0 atom stereocenters. The summed E-state index contributed by atoms with van der Waals surface area (Å²) < 4.78 is 11.8. The van der Waals surface area contributed by atoms with E-state index < -0.39 is 0 Å². The van der Waals surface area contributed by atoms with E-state index in [1.165, 1.54) is 0 Å². The Morgan fingerprint density at radius 2 is 1.54 bits per heavy atom. The van der Waals surface area contributed by atoms with Crippen molar-refractivity contribution >= 4 is 10.8 Å². The van der Waals surface area contributed by atoms with Crippen LogP contribution in [0.4, 0.5) is 0 Å². The lowest BCUT2D eigenvalue weighted by molar-refractivity contribution is 0.415. The molecular formula is C25H19NO2. The largest absolute Gasteiger partial charge is 0.497 e. The van der Waals surface area contributed by atoms with Crippen molar-refractivity contribution in [1.29, 1.82) is 5.26 Å². The normalized spacial score (nSPS) is 10.5. The summed E-state index contributed by atoms with van der Waals surface area (Å²) >= 11 is 0. The molecule has 0 aliphatic heterocycles. The number of methoxy groups -OCH3 is 1. The molecule has 0 spiro atoms. The van der Waals surface area contributed by atoms with Crippen LogP contribution < -0.4 is 9.47 Å². The van der Waals surface area contributed by atoms with Gasteiger partial charge in [0.1, 0.15) is 17.2 Å². The van der Waals surface area contributed by atoms with Crippen LogP contribution in [0.15, 0.2) is 78.9 Å². The lowest BCUT2D eigenvalue weighted by Crippen LogP contribution is -1.94. The average molecular weight is 365 g/mol. The third-order valence-corrected chi connectivity index (χ3v) is 4.76. The van der Waals surface area contributed by atoms with Gasteiger partial charge in [-0.15, -0.1) is 0 Å². The van der Waals surface area contributed by atoms with Crippen LogP contribution in [0.2, 0.25) is 0 Å². The number of hydrogen-bond acceptors (Lipinski definition) is 3. The number of hydrogen-bond donors (Lipinski definition) is 0. The molecule has 0 heterocycles. The number of rotatable bonds is 4. The number of aryl methyl sites for hydroxylation is 1. The standard InChI is InChI=1S/C25H19NO2/c1-17-14-20-15-22(27-2)12-13-23(20)25(24(17)19-6-4-3-5-7-19)28-21-10-8-18(16-26)9-11-21/h3-15H,1-2H3. The molecule has 0 fully saturated rings. The highest BCUT2D eigenvalue weighted by Crippen LogP contribution is 2.42. The van der Waals surface area contributed by atoms with Crippen molar-refractivity contribution in [2.24, 2.45) is 0 Å². The van der Waals surface area contributed by atoms with Gasteiger partial charge in [-0.1, -0.05) is 36.4 Å². The van der Waals surface area contributed by atoms with Crippen molar-refractivity contribution in [3.63, 3.8) is 0 Å². The van der Waals surface area contributed by atoms with Gasteiger partial charge in [-0.05, 0) is 65.9 Å². The van der Waals surface area contributed by atoms with Crippen molar-refractivity contribution in [3.05, 3.63) is 90.0 Å². The summed E-state index contributed by atoms with van der Waals surface area (Å²) in [6, 6.07) is 27.7. The zero-order chi connectivity index (χ0) is 19.5. The molecule has 0 saturated heterocycles. The van der Waals surface area contributed by atoms with Crippen LogP contribution >= 0.6 is 0 Å². The Morgan fingerprint density at radius 1 is 0.821 bits per heavy atom. The summed E-state index contributed by atoms with van der Waals surface area (Å²) in [6.07, 6.45) is 0. The highest BCUT2D eigenvalue weighted by molar-refractivity contribution is 5.97. The predicted octanol–water partition coefficient (Wildman–Crippen LogP) is 6.49. The first-order valence-electron chi connectivity index (χ1n) is 9.04. The number of nitriles is 1. The smallest absolute Gasteiger partial charge is 0.143 e. The van der Waals surface area contributed by atoms with E-state index in [-0.39, 0.29) is 0 Å². The van der Waals surface area contributed by atoms with Gasteiger partial charge in [-0.2, -0.15) is 5.26 Å². The second-order valence-corrected chi connectivity index (χ2v) is 6.59. The SMILES string of the molecule is COc1ccc2c(Oc3ccc(C#N)cc3)c(-c3ccccc3)c(C)cc2c1.